The lowest BCUT2D eigenvalue weighted by atomic mass is 10.2. The molecule has 33 heavy (non-hydrogen) atoms. The smallest absolute Gasteiger partial charge is 0.337 e. The molecule has 0 aliphatic heterocycles. The van der Waals surface area contributed by atoms with Gasteiger partial charge < -0.3 is 20.8 Å². The van der Waals surface area contributed by atoms with Crippen LogP contribution in [0.4, 0.5) is 11.4 Å². The van der Waals surface area contributed by atoms with Crippen molar-refractivity contribution in [3.05, 3.63) is 59.7 Å². The quantitative estimate of drug-likeness (QED) is 0.301. The predicted octanol–water partition coefficient (Wildman–Crippen LogP) is 3.40. The van der Waals surface area contributed by atoms with Crippen molar-refractivity contribution in [3.63, 3.8) is 0 Å². The van der Waals surface area contributed by atoms with Gasteiger partial charge in [-0.1, -0.05) is 59.1 Å². The second-order valence-electron chi connectivity index (χ2n) is 6.21. The van der Waals surface area contributed by atoms with Gasteiger partial charge in [0.05, 0.1) is 34.0 Å². The van der Waals surface area contributed by atoms with Crippen molar-refractivity contribution in [1.29, 1.82) is 0 Å². The topological polar surface area (TPSA) is 159 Å². The minimum absolute atomic E-state index is 0.000286. The number of rotatable bonds is 10. The van der Waals surface area contributed by atoms with Crippen LogP contribution < -0.4 is 10.6 Å². The van der Waals surface area contributed by atoms with Crippen LogP contribution in [0.3, 0.4) is 0 Å². The van der Waals surface area contributed by atoms with Gasteiger partial charge in [0.15, 0.2) is 8.68 Å². The van der Waals surface area contributed by atoms with Crippen LogP contribution in [0.2, 0.25) is 0 Å². The Kier molecular flexibility index (Phi) is 8.40. The van der Waals surface area contributed by atoms with Crippen LogP contribution in [0.15, 0.2) is 57.2 Å². The van der Waals surface area contributed by atoms with E-state index in [2.05, 4.69) is 20.8 Å². The molecule has 0 aliphatic carbocycles. The minimum atomic E-state index is -1.14. The lowest BCUT2D eigenvalue weighted by Gasteiger charge is -2.07. The molecule has 0 radical (unpaired) electrons. The highest BCUT2D eigenvalue weighted by Gasteiger charge is 2.15. The summed E-state index contributed by atoms with van der Waals surface area (Å²) in [5.41, 5.74) is 0.406. The summed E-state index contributed by atoms with van der Waals surface area (Å²) in [4.78, 5) is 46.8. The molecule has 1 heterocycles. The number of carbonyl (C=O) groups excluding carboxylic acids is 2. The summed E-state index contributed by atoms with van der Waals surface area (Å²) >= 11 is 3.46. The fraction of sp³-hybridized carbons (Fsp3) is 0.100. The maximum absolute atomic E-state index is 12.2. The summed E-state index contributed by atoms with van der Waals surface area (Å²) in [5, 5.41) is 31.4. The third kappa shape index (κ3) is 7.03. The van der Waals surface area contributed by atoms with E-state index in [4.69, 9.17) is 10.2 Å². The zero-order chi connectivity index (χ0) is 23.8. The lowest BCUT2D eigenvalue weighted by Crippen LogP contribution is -2.16. The van der Waals surface area contributed by atoms with Crippen molar-refractivity contribution in [2.75, 3.05) is 22.1 Å². The molecule has 0 saturated heterocycles. The van der Waals surface area contributed by atoms with E-state index < -0.39 is 23.8 Å². The number of hydrogen-bond donors (Lipinski definition) is 4. The van der Waals surface area contributed by atoms with Gasteiger partial charge in [0.25, 0.3) is 0 Å². The van der Waals surface area contributed by atoms with Crippen LogP contribution in [0.1, 0.15) is 20.7 Å². The lowest BCUT2D eigenvalue weighted by molar-refractivity contribution is -0.114. The molecule has 0 fully saturated rings. The van der Waals surface area contributed by atoms with E-state index in [0.717, 1.165) is 23.5 Å². The van der Waals surface area contributed by atoms with Crippen LogP contribution in [-0.2, 0) is 9.59 Å². The Hall–Kier alpha value is -3.42. The number of para-hydroxylation sites is 2. The average Bonchev–Trinajstić information content (AvgIpc) is 3.25. The minimum Gasteiger partial charge on any atom is -0.478 e. The Morgan fingerprint density at radius 2 is 1.12 bits per heavy atom. The van der Waals surface area contributed by atoms with Crippen molar-refractivity contribution < 1.29 is 29.4 Å². The van der Waals surface area contributed by atoms with Crippen molar-refractivity contribution in [1.82, 2.24) is 10.2 Å². The van der Waals surface area contributed by atoms with Gasteiger partial charge in [0, 0.05) is 0 Å². The first-order chi connectivity index (χ1) is 15.8. The van der Waals surface area contributed by atoms with E-state index in [9.17, 15) is 19.2 Å². The summed E-state index contributed by atoms with van der Waals surface area (Å²) in [7, 11) is 0. The van der Waals surface area contributed by atoms with Crippen LogP contribution in [-0.4, -0.2) is 55.7 Å². The first-order valence-electron chi connectivity index (χ1n) is 9.17. The highest BCUT2D eigenvalue weighted by Crippen LogP contribution is 2.29. The Morgan fingerprint density at radius 1 is 0.727 bits per heavy atom. The third-order valence-corrected chi connectivity index (χ3v) is 7.09. The second kappa shape index (κ2) is 11.4. The summed E-state index contributed by atoms with van der Waals surface area (Å²) < 4.78 is 1.02. The number of anilines is 2. The van der Waals surface area contributed by atoms with E-state index in [1.54, 1.807) is 24.3 Å². The van der Waals surface area contributed by atoms with Gasteiger partial charge in [0.1, 0.15) is 0 Å². The monoisotopic (exact) mass is 504 g/mol. The Labute approximate surface area is 199 Å². The number of thioether (sulfide) groups is 2. The van der Waals surface area contributed by atoms with Crippen LogP contribution in [0, 0.1) is 0 Å². The molecule has 0 unspecified atom stereocenters. The number of carboxylic acids is 2. The molecule has 1 aromatic heterocycles. The molecule has 3 aromatic rings. The Balaban J connectivity index is 1.47. The van der Waals surface area contributed by atoms with Crippen molar-refractivity contribution >= 4 is 70.0 Å². The average molecular weight is 505 g/mol. The molecule has 2 amide bonds. The van der Waals surface area contributed by atoms with Crippen molar-refractivity contribution in [2.24, 2.45) is 0 Å². The maximum atomic E-state index is 12.2. The standard InChI is InChI=1S/C20H16N4O6S3/c25-15(21-13-7-3-1-5-11(13)17(27)28)9-31-19-23-24-20(33-19)32-10-16(26)22-14-8-4-2-6-12(14)18(29)30/h1-8H,9-10H2,(H,21,25)(H,22,26)(H,27,28)(H,29,30). The van der Waals surface area contributed by atoms with Gasteiger partial charge in [-0.2, -0.15) is 0 Å². The molecule has 0 saturated carbocycles. The van der Waals surface area contributed by atoms with E-state index >= 15 is 0 Å². The third-order valence-electron chi connectivity index (χ3n) is 3.90. The zero-order valence-electron chi connectivity index (χ0n) is 16.7. The summed E-state index contributed by atoms with van der Waals surface area (Å²) in [6, 6.07) is 12.2. The predicted molar refractivity (Wildman–Crippen MR) is 125 cm³/mol. The second-order valence-corrected chi connectivity index (χ2v) is 9.63. The first-order valence-corrected chi connectivity index (χ1v) is 12.0. The number of carbonyl (C=O) groups is 4. The SMILES string of the molecule is O=C(CSc1nnc(SCC(=O)Nc2ccccc2C(=O)O)s1)Nc1ccccc1C(=O)O. The Morgan fingerprint density at radius 3 is 1.52 bits per heavy atom. The number of hydrogen-bond acceptors (Lipinski definition) is 9. The molecular formula is C20H16N4O6S3. The number of aromatic carboxylic acids is 2. The number of amides is 2. The first kappa shape index (κ1) is 24.2. The molecule has 170 valence electrons. The number of aromatic nitrogens is 2. The van der Waals surface area contributed by atoms with Gasteiger partial charge in [-0.3, -0.25) is 9.59 Å². The number of benzene rings is 2. The Bertz CT molecular complexity index is 1110. The molecule has 2 aromatic carbocycles. The summed E-state index contributed by atoms with van der Waals surface area (Å²) in [6.45, 7) is 0. The molecule has 3 rings (SSSR count). The highest BCUT2D eigenvalue weighted by molar-refractivity contribution is 8.03. The molecule has 0 spiro atoms. The fourth-order valence-electron chi connectivity index (χ4n) is 2.50. The maximum Gasteiger partial charge on any atom is 0.337 e. The van der Waals surface area contributed by atoms with Crippen molar-refractivity contribution in [3.8, 4) is 0 Å². The van der Waals surface area contributed by atoms with E-state index in [0.29, 0.717) is 8.68 Å². The highest BCUT2D eigenvalue weighted by atomic mass is 32.2. The van der Waals surface area contributed by atoms with Gasteiger partial charge in [-0.05, 0) is 24.3 Å². The molecule has 4 N–H and O–H groups in total. The molecular weight excluding hydrogens is 488 g/mol. The van der Waals surface area contributed by atoms with Gasteiger partial charge >= 0.3 is 11.9 Å². The van der Waals surface area contributed by atoms with Crippen molar-refractivity contribution in [2.45, 2.75) is 8.68 Å². The van der Waals surface area contributed by atoms with Crippen LogP contribution in [0.5, 0.6) is 0 Å². The normalized spacial score (nSPS) is 10.4. The molecule has 0 aliphatic rings. The zero-order valence-corrected chi connectivity index (χ0v) is 19.1. The van der Waals surface area contributed by atoms with Crippen LogP contribution in [0.25, 0.3) is 0 Å². The largest absolute Gasteiger partial charge is 0.478 e. The van der Waals surface area contributed by atoms with E-state index in [-0.39, 0.29) is 34.0 Å². The summed E-state index contributed by atoms with van der Waals surface area (Å²) in [6.07, 6.45) is 0. The number of carboxylic acid groups (broad SMARTS) is 2. The van der Waals surface area contributed by atoms with Gasteiger partial charge in [-0.15, -0.1) is 10.2 Å². The molecule has 0 atom stereocenters. The van der Waals surface area contributed by atoms with Crippen LogP contribution >= 0.6 is 34.9 Å². The van der Waals surface area contributed by atoms with E-state index in [1.165, 1.54) is 35.6 Å². The van der Waals surface area contributed by atoms with E-state index in [1.807, 2.05) is 0 Å². The fourth-order valence-corrected chi connectivity index (χ4v) is 5.12. The van der Waals surface area contributed by atoms with Gasteiger partial charge in [-0.25, -0.2) is 9.59 Å². The van der Waals surface area contributed by atoms with Gasteiger partial charge in [0.2, 0.25) is 11.8 Å². The number of nitrogens with zero attached hydrogens (tertiary/aromatic N) is 2. The molecule has 0 bridgehead atoms. The molecule has 13 heteroatoms. The molecule has 10 nitrogen and oxygen atoms in total. The number of nitrogens with one attached hydrogen (secondary N) is 2. The summed E-state index contributed by atoms with van der Waals surface area (Å²) in [5.74, 6) is -3.07.